The zero-order valence-electron chi connectivity index (χ0n) is 10.4. The van der Waals surface area contributed by atoms with Crippen molar-refractivity contribution >= 4 is 46.6 Å². The topological polar surface area (TPSA) is 140 Å². The van der Waals surface area contributed by atoms with Crippen LogP contribution in [0, 0.1) is 10.1 Å². The Morgan fingerprint density at radius 3 is 2.95 bits per heavy atom. The van der Waals surface area contributed by atoms with Gasteiger partial charge in [-0.25, -0.2) is 5.10 Å². The molecule has 0 aliphatic heterocycles. The van der Waals surface area contributed by atoms with E-state index in [4.69, 9.17) is 17.3 Å². The Labute approximate surface area is 127 Å². The van der Waals surface area contributed by atoms with E-state index in [9.17, 15) is 14.9 Å². The van der Waals surface area contributed by atoms with E-state index in [0.29, 0.717) is 5.16 Å². The first-order valence-corrected chi connectivity index (χ1v) is 6.86. The number of non-ortho nitro benzene ring substituents is 1. The fraction of sp³-hybridized carbons (Fsp3) is 0.100. The zero-order chi connectivity index (χ0) is 15.4. The van der Waals surface area contributed by atoms with Crippen molar-refractivity contribution in [3.63, 3.8) is 0 Å². The first-order valence-electron chi connectivity index (χ1n) is 5.50. The molecule has 0 radical (unpaired) electrons. The summed E-state index contributed by atoms with van der Waals surface area (Å²) in [5, 5.41) is 19.9. The standard InChI is InChI=1S/C10H9ClN6O3S/c11-6-2-1-5(17(19)20)3-7(6)13-8(18)4-21-10-14-9(12)15-16-10/h1-3H,4H2,(H,13,18)(H3,12,14,15,16). The highest BCUT2D eigenvalue weighted by molar-refractivity contribution is 7.99. The van der Waals surface area contributed by atoms with Gasteiger partial charge in [0.15, 0.2) is 0 Å². The van der Waals surface area contributed by atoms with Crippen LogP contribution in [0.2, 0.25) is 5.02 Å². The summed E-state index contributed by atoms with van der Waals surface area (Å²) in [6.45, 7) is 0. The number of halogens is 1. The maximum atomic E-state index is 11.8. The lowest BCUT2D eigenvalue weighted by Crippen LogP contribution is -2.14. The van der Waals surface area contributed by atoms with Crippen molar-refractivity contribution in [2.24, 2.45) is 0 Å². The molecule has 1 aromatic carbocycles. The van der Waals surface area contributed by atoms with Gasteiger partial charge in [0, 0.05) is 12.1 Å². The van der Waals surface area contributed by atoms with Crippen LogP contribution in [0.25, 0.3) is 0 Å². The Balaban J connectivity index is 1.99. The molecule has 0 fully saturated rings. The maximum Gasteiger partial charge on any atom is 0.271 e. The van der Waals surface area contributed by atoms with Gasteiger partial charge in [-0.2, -0.15) is 4.98 Å². The second-order valence-electron chi connectivity index (χ2n) is 3.76. The van der Waals surface area contributed by atoms with E-state index in [-0.39, 0.29) is 28.1 Å². The van der Waals surface area contributed by atoms with E-state index in [2.05, 4.69) is 20.5 Å². The lowest BCUT2D eigenvalue weighted by Gasteiger charge is -2.06. The minimum absolute atomic E-state index is 0.0102. The molecule has 0 unspecified atom stereocenters. The number of aromatic amines is 1. The lowest BCUT2D eigenvalue weighted by atomic mass is 10.3. The van der Waals surface area contributed by atoms with Crippen LogP contribution in [0.1, 0.15) is 0 Å². The second-order valence-corrected chi connectivity index (χ2v) is 5.11. The summed E-state index contributed by atoms with van der Waals surface area (Å²) in [6.07, 6.45) is 0. The van der Waals surface area contributed by atoms with Gasteiger partial charge in [0.05, 0.1) is 21.4 Å². The van der Waals surface area contributed by atoms with Gasteiger partial charge in [-0.15, -0.1) is 5.10 Å². The predicted octanol–water partition coefficient (Wildman–Crippen LogP) is 1.68. The van der Waals surface area contributed by atoms with Gasteiger partial charge in [-0.3, -0.25) is 14.9 Å². The van der Waals surface area contributed by atoms with Gasteiger partial charge in [-0.1, -0.05) is 23.4 Å². The Bertz CT molecular complexity index is 691. The number of anilines is 2. The van der Waals surface area contributed by atoms with Crippen LogP contribution in [-0.4, -0.2) is 31.8 Å². The summed E-state index contributed by atoms with van der Waals surface area (Å²) in [4.78, 5) is 25.7. The van der Waals surface area contributed by atoms with Gasteiger partial charge >= 0.3 is 0 Å². The number of benzene rings is 1. The van der Waals surface area contributed by atoms with Crippen molar-refractivity contribution in [1.82, 2.24) is 15.2 Å². The number of rotatable bonds is 5. The number of nitro benzene ring substituents is 1. The Morgan fingerprint density at radius 1 is 1.57 bits per heavy atom. The van der Waals surface area contributed by atoms with Crippen LogP contribution < -0.4 is 11.1 Å². The van der Waals surface area contributed by atoms with Gasteiger partial charge in [0.25, 0.3) is 5.69 Å². The molecule has 2 aromatic rings. The summed E-state index contributed by atoms with van der Waals surface area (Å²) in [5.41, 5.74) is 5.36. The number of nitrogen functional groups attached to an aromatic ring is 1. The van der Waals surface area contributed by atoms with E-state index < -0.39 is 10.8 Å². The Hall–Kier alpha value is -2.33. The molecule has 11 heteroatoms. The monoisotopic (exact) mass is 328 g/mol. The minimum atomic E-state index is -0.572. The van der Waals surface area contributed by atoms with Gasteiger partial charge in [0.2, 0.25) is 17.0 Å². The number of hydrogen-bond acceptors (Lipinski definition) is 7. The summed E-state index contributed by atoms with van der Waals surface area (Å²) < 4.78 is 0. The van der Waals surface area contributed by atoms with Crippen molar-refractivity contribution in [2.45, 2.75) is 5.16 Å². The lowest BCUT2D eigenvalue weighted by molar-refractivity contribution is -0.384. The van der Waals surface area contributed by atoms with Gasteiger partial charge < -0.3 is 11.1 Å². The van der Waals surface area contributed by atoms with E-state index in [0.717, 1.165) is 11.8 Å². The number of hydrogen-bond donors (Lipinski definition) is 3. The highest BCUT2D eigenvalue weighted by atomic mass is 35.5. The van der Waals surface area contributed by atoms with Crippen LogP contribution in [-0.2, 0) is 4.79 Å². The molecule has 2 rings (SSSR count). The summed E-state index contributed by atoms with van der Waals surface area (Å²) >= 11 is 6.94. The maximum absolute atomic E-state index is 11.8. The molecule has 0 saturated carbocycles. The zero-order valence-corrected chi connectivity index (χ0v) is 11.9. The largest absolute Gasteiger partial charge is 0.368 e. The smallest absolute Gasteiger partial charge is 0.271 e. The van der Waals surface area contributed by atoms with Gasteiger partial charge in [-0.05, 0) is 6.07 Å². The van der Waals surface area contributed by atoms with Crippen LogP contribution in [0.4, 0.5) is 17.3 Å². The quantitative estimate of drug-likeness (QED) is 0.431. The number of H-pyrrole nitrogens is 1. The van der Waals surface area contributed by atoms with E-state index >= 15 is 0 Å². The highest BCUT2D eigenvalue weighted by Crippen LogP contribution is 2.27. The third kappa shape index (κ3) is 4.07. The van der Waals surface area contributed by atoms with Crippen LogP contribution in [0.3, 0.4) is 0 Å². The van der Waals surface area contributed by atoms with Crippen molar-refractivity contribution < 1.29 is 9.72 Å². The molecule has 0 spiro atoms. The molecule has 0 saturated heterocycles. The SMILES string of the molecule is Nc1nc(SCC(=O)Nc2cc([N+](=O)[O-])ccc2Cl)n[nH]1. The van der Waals surface area contributed by atoms with Crippen molar-refractivity contribution in [3.8, 4) is 0 Å². The Kier molecular flexibility index (Phi) is 4.60. The number of carbonyl (C=O) groups is 1. The molecule has 0 bridgehead atoms. The molecule has 1 amide bonds. The van der Waals surface area contributed by atoms with Crippen LogP contribution in [0.15, 0.2) is 23.4 Å². The van der Waals surface area contributed by atoms with Crippen LogP contribution >= 0.6 is 23.4 Å². The molecule has 1 heterocycles. The van der Waals surface area contributed by atoms with Gasteiger partial charge in [0.1, 0.15) is 0 Å². The van der Waals surface area contributed by atoms with E-state index in [1.54, 1.807) is 0 Å². The number of amides is 1. The highest BCUT2D eigenvalue weighted by Gasteiger charge is 2.13. The molecule has 4 N–H and O–H groups in total. The number of thioether (sulfide) groups is 1. The number of nitro groups is 1. The fourth-order valence-corrected chi connectivity index (χ4v) is 2.13. The van der Waals surface area contributed by atoms with E-state index in [1.165, 1.54) is 18.2 Å². The van der Waals surface area contributed by atoms with E-state index in [1.807, 2.05) is 0 Å². The summed E-state index contributed by atoms with van der Waals surface area (Å²) in [5.74, 6) is -0.235. The summed E-state index contributed by atoms with van der Waals surface area (Å²) in [7, 11) is 0. The minimum Gasteiger partial charge on any atom is -0.368 e. The number of carbonyl (C=O) groups excluding carboxylic acids is 1. The molecule has 0 aliphatic rings. The van der Waals surface area contributed by atoms with Crippen LogP contribution in [0.5, 0.6) is 0 Å². The number of aromatic nitrogens is 3. The average molecular weight is 329 g/mol. The molecule has 0 atom stereocenters. The van der Waals surface area contributed by atoms with Crippen molar-refractivity contribution in [3.05, 3.63) is 33.3 Å². The second kappa shape index (κ2) is 6.41. The summed E-state index contributed by atoms with van der Waals surface area (Å²) in [6, 6.07) is 3.79. The normalized spacial score (nSPS) is 10.3. The number of nitrogens with one attached hydrogen (secondary N) is 2. The third-order valence-corrected chi connectivity index (χ3v) is 3.43. The Morgan fingerprint density at radius 2 is 2.33 bits per heavy atom. The fourth-order valence-electron chi connectivity index (χ4n) is 1.36. The first kappa shape index (κ1) is 15.1. The molecule has 21 heavy (non-hydrogen) atoms. The molecular weight excluding hydrogens is 320 g/mol. The predicted molar refractivity (Wildman–Crippen MR) is 78.3 cm³/mol. The molecule has 0 aliphatic carbocycles. The van der Waals surface area contributed by atoms with Crippen molar-refractivity contribution in [1.29, 1.82) is 0 Å². The third-order valence-electron chi connectivity index (χ3n) is 2.25. The molecule has 1 aromatic heterocycles. The molecule has 9 nitrogen and oxygen atoms in total. The number of nitrogens with two attached hydrogens (primary N) is 1. The molecule has 110 valence electrons. The molecular formula is C10H9ClN6O3S. The number of nitrogens with zero attached hydrogens (tertiary/aromatic N) is 3. The van der Waals surface area contributed by atoms with Crippen molar-refractivity contribution in [2.75, 3.05) is 16.8 Å². The first-order chi connectivity index (χ1) is 9.95. The average Bonchev–Trinajstić information content (AvgIpc) is 2.84.